The molecule has 0 aliphatic heterocycles. The van der Waals surface area contributed by atoms with Crippen LogP contribution in [0.4, 0.5) is 5.69 Å². The highest BCUT2D eigenvalue weighted by Gasteiger charge is 2.61. The molecule has 206 valence electrons. The van der Waals surface area contributed by atoms with Crippen LogP contribution >= 0.6 is 0 Å². The number of hydrogen-bond acceptors (Lipinski definition) is 3. The van der Waals surface area contributed by atoms with Crippen molar-refractivity contribution in [2.45, 2.75) is 89.6 Å². The van der Waals surface area contributed by atoms with Gasteiger partial charge in [-0.05, 0) is 85.8 Å². The first-order valence-corrected chi connectivity index (χ1v) is 14.6. The number of ether oxygens (including phenoxy) is 1. The van der Waals surface area contributed by atoms with Crippen molar-refractivity contribution in [1.29, 1.82) is 0 Å². The summed E-state index contributed by atoms with van der Waals surface area (Å²) in [5.41, 5.74) is 3.72. The second-order valence-corrected chi connectivity index (χ2v) is 12.6. The predicted molar refractivity (Wildman–Crippen MR) is 155 cm³/mol. The van der Waals surface area contributed by atoms with Crippen LogP contribution in [0.2, 0.25) is 0 Å². The minimum Gasteiger partial charge on any atom is -0.497 e. The first-order valence-electron chi connectivity index (χ1n) is 14.6. The van der Waals surface area contributed by atoms with E-state index in [0.717, 1.165) is 61.9 Å². The Morgan fingerprint density at radius 2 is 1.72 bits per heavy atom. The number of carbonyl (C=O) groups is 2. The van der Waals surface area contributed by atoms with Gasteiger partial charge in [-0.3, -0.25) is 9.59 Å². The lowest BCUT2D eigenvalue weighted by atomic mass is 9.78. The number of para-hydroxylation sites is 1. The van der Waals surface area contributed by atoms with Crippen LogP contribution in [0.3, 0.4) is 0 Å². The van der Waals surface area contributed by atoms with Gasteiger partial charge in [0, 0.05) is 34.7 Å². The van der Waals surface area contributed by atoms with Crippen molar-refractivity contribution in [3.8, 4) is 5.75 Å². The molecule has 0 bridgehead atoms. The molecule has 3 aromatic rings. The number of benzene rings is 2. The third-order valence-corrected chi connectivity index (χ3v) is 9.79. The minimum atomic E-state index is -0.776. The minimum absolute atomic E-state index is 0.0334. The van der Waals surface area contributed by atoms with E-state index in [1.807, 2.05) is 24.3 Å². The summed E-state index contributed by atoms with van der Waals surface area (Å²) in [6.45, 7) is 6.75. The fourth-order valence-electron chi connectivity index (χ4n) is 7.44. The zero-order valence-electron chi connectivity index (χ0n) is 23.7. The lowest BCUT2D eigenvalue weighted by Gasteiger charge is -2.45. The summed E-state index contributed by atoms with van der Waals surface area (Å²) in [7, 11) is 1.63. The first kappa shape index (κ1) is 26.0. The highest BCUT2D eigenvalue weighted by atomic mass is 16.5. The van der Waals surface area contributed by atoms with Crippen molar-refractivity contribution >= 4 is 28.4 Å². The molecule has 6 heteroatoms. The lowest BCUT2D eigenvalue weighted by Crippen LogP contribution is -2.61. The van der Waals surface area contributed by atoms with Gasteiger partial charge in [0.25, 0.3) is 0 Å². The van der Waals surface area contributed by atoms with Crippen molar-refractivity contribution in [2.75, 3.05) is 12.4 Å². The van der Waals surface area contributed by atoms with Crippen molar-refractivity contribution < 1.29 is 14.3 Å². The van der Waals surface area contributed by atoms with E-state index in [1.54, 1.807) is 7.11 Å². The zero-order valence-corrected chi connectivity index (χ0v) is 23.7. The van der Waals surface area contributed by atoms with E-state index in [4.69, 9.17) is 4.74 Å². The number of anilines is 1. The van der Waals surface area contributed by atoms with Gasteiger partial charge in [-0.2, -0.15) is 0 Å². The van der Waals surface area contributed by atoms with E-state index in [-0.39, 0.29) is 29.2 Å². The van der Waals surface area contributed by atoms with Crippen molar-refractivity contribution in [1.82, 2.24) is 9.88 Å². The van der Waals surface area contributed by atoms with Crippen LogP contribution in [0.15, 0.2) is 48.5 Å². The topological polar surface area (TPSA) is 74.4 Å². The Labute approximate surface area is 231 Å². The molecule has 2 atom stereocenters. The second kappa shape index (κ2) is 9.72. The molecule has 2 N–H and O–H groups in total. The summed E-state index contributed by atoms with van der Waals surface area (Å²) < 4.78 is 5.28. The van der Waals surface area contributed by atoms with E-state index in [0.29, 0.717) is 12.3 Å². The average Bonchev–Trinajstić information content (AvgIpc) is 3.82. The van der Waals surface area contributed by atoms with E-state index in [9.17, 15) is 9.59 Å². The van der Waals surface area contributed by atoms with Crippen LogP contribution in [0, 0.1) is 18.3 Å². The molecule has 0 spiro atoms. The Hall–Kier alpha value is -3.28. The number of nitrogens with one attached hydrogen (secondary N) is 2. The third-order valence-electron chi connectivity index (χ3n) is 9.79. The van der Waals surface area contributed by atoms with Crippen LogP contribution in [-0.4, -0.2) is 40.4 Å². The van der Waals surface area contributed by atoms with Crippen LogP contribution < -0.4 is 10.1 Å². The number of aromatic nitrogens is 1. The first-order chi connectivity index (χ1) is 18.8. The van der Waals surface area contributed by atoms with Crippen molar-refractivity contribution in [3.63, 3.8) is 0 Å². The molecule has 3 aliphatic rings. The summed E-state index contributed by atoms with van der Waals surface area (Å²) >= 11 is 0. The van der Waals surface area contributed by atoms with Gasteiger partial charge in [-0.15, -0.1) is 0 Å². The maximum Gasteiger partial charge on any atom is 0.250 e. The van der Waals surface area contributed by atoms with Gasteiger partial charge >= 0.3 is 0 Å². The zero-order chi connectivity index (χ0) is 27.4. The Morgan fingerprint density at radius 3 is 2.38 bits per heavy atom. The molecule has 0 radical (unpaired) electrons. The lowest BCUT2D eigenvalue weighted by molar-refractivity contribution is -0.149. The molecule has 2 aromatic carbocycles. The van der Waals surface area contributed by atoms with Crippen LogP contribution in [0.25, 0.3) is 10.9 Å². The number of fused-ring (bicyclic) bond motifs is 1. The Kier molecular flexibility index (Phi) is 6.47. The van der Waals surface area contributed by atoms with Gasteiger partial charge < -0.3 is 19.9 Å². The van der Waals surface area contributed by atoms with E-state index in [1.165, 1.54) is 16.6 Å². The van der Waals surface area contributed by atoms with Crippen LogP contribution in [0.1, 0.15) is 82.4 Å². The molecule has 6 nitrogen and oxygen atoms in total. The number of carbonyl (C=O) groups excluding carboxylic acids is 2. The molecular weight excluding hydrogens is 486 g/mol. The van der Waals surface area contributed by atoms with Gasteiger partial charge in [0.2, 0.25) is 11.8 Å². The van der Waals surface area contributed by atoms with E-state index in [2.05, 4.69) is 60.2 Å². The molecule has 3 fully saturated rings. The van der Waals surface area contributed by atoms with Crippen LogP contribution in [0.5, 0.6) is 5.75 Å². The third kappa shape index (κ3) is 4.52. The summed E-state index contributed by atoms with van der Waals surface area (Å²) in [4.78, 5) is 34.0. The molecule has 0 saturated heterocycles. The highest BCUT2D eigenvalue weighted by molar-refractivity contribution is 6.01. The number of rotatable bonds is 8. The fourth-order valence-corrected chi connectivity index (χ4v) is 7.44. The molecule has 39 heavy (non-hydrogen) atoms. The largest absolute Gasteiger partial charge is 0.497 e. The fraction of sp³-hybridized carbons (Fsp3) is 0.515. The van der Waals surface area contributed by atoms with E-state index < -0.39 is 5.54 Å². The molecule has 1 heterocycles. The van der Waals surface area contributed by atoms with Crippen molar-refractivity contribution in [2.24, 2.45) is 11.3 Å². The van der Waals surface area contributed by atoms with Crippen LogP contribution in [-0.2, 0) is 9.59 Å². The normalized spacial score (nSPS) is 23.3. The van der Waals surface area contributed by atoms with E-state index >= 15 is 0 Å². The molecule has 6 rings (SSSR count). The Balaban J connectivity index is 1.27. The summed E-state index contributed by atoms with van der Waals surface area (Å²) in [5.74, 6) is 1.46. The summed E-state index contributed by atoms with van der Waals surface area (Å²) in [6.07, 6.45) is 6.99. The summed E-state index contributed by atoms with van der Waals surface area (Å²) in [6, 6.07) is 16.1. The monoisotopic (exact) mass is 527 g/mol. The maximum atomic E-state index is 14.3. The van der Waals surface area contributed by atoms with Crippen molar-refractivity contribution in [3.05, 3.63) is 59.8 Å². The number of amides is 2. The molecule has 0 unspecified atom stereocenters. The molecule has 3 saturated carbocycles. The standard InChI is InChI=1S/C33H41N3O3/c1-21-29(25-10-6-7-11-27(25)34-21)30-26(32(30,2)3)20-28(37)36(23-14-15-23)33(18-8-5-9-19-33)31(38)35-22-12-16-24(39-4)17-13-22/h6-7,10-13,16-17,23,26,30,34H,5,8-9,14-15,18-20H2,1-4H3,(H,35,38)/t26-,30+/m1/s1. The van der Waals surface area contributed by atoms with Gasteiger partial charge in [-0.1, -0.05) is 51.3 Å². The van der Waals surface area contributed by atoms with Gasteiger partial charge in [0.1, 0.15) is 11.3 Å². The maximum absolute atomic E-state index is 14.3. The number of methoxy groups -OCH3 is 1. The Bertz CT molecular complexity index is 1380. The Morgan fingerprint density at radius 1 is 1.03 bits per heavy atom. The highest BCUT2D eigenvalue weighted by Crippen LogP contribution is 2.67. The second-order valence-electron chi connectivity index (χ2n) is 12.6. The average molecular weight is 528 g/mol. The molecule has 1 aromatic heterocycles. The SMILES string of the molecule is COc1ccc(NC(=O)C2(N(C(=O)C[C@@H]3[C@@H](c4c(C)[nH]c5ccccc45)C3(C)C)C3CC3)CCCCC2)cc1. The summed E-state index contributed by atoms with van der Waals surface area (Å²) in [5, 5.41) is 4.44. The predicted octanol–water partition coefficient (Wildman–Crippen LogP) is 6.95. The number of aryl methyl sites for hydroxylation is 1. The smallest absolute Gasteiger partial charge is 0.250 e. The van der Waals surface area contributed by atoms with Gasteiger partial charge in [0.05, 0.1) is 7.11 Å². The number of nitrogens with zero attached hydrogens (tertiary/aromatic N) is 1. The molecule has 3 aliphatic carbocycles. The van der Waals surface area contributed by atoms with Gasteiger partial charge in [0.15, 0.2) is 0 Å². The number of hydrogen-bond donors (Lipinski definition) is 2. The number of aromatic amines is 1. The molecule has 2 amide bonds. The molecular formula is C33H41N3O3. The number of H-pyrrole nitrogens is 1. The quantitative estimate of drug-likeness (QED) is 0.333. The van der Waals surface area contributed by atoms with Gasteiger partial charge in [-0.25, -0.2) is 0 Å².